The van der Waals surface area contributed by atoms with Crippen LogP contribution >= 0.6 is 0 Å². The van der Waals surface area contributed by atoms with Crippen molar-refractivity contribution in [2.24, 2.45) is 0 Å². The molecule has 0 saturated heterocycles. The molecule has 0 spiro atoms. The molecule has 74 valence electrons. The summed E-state index contributed by atoms with van der Waals surface area (Å²) in [6, 6.07) is 14.0. The summed E-state index contributed by atoms with van der Waals surface area (Å²) in [5, 5.41) is 0. The van der Waals surface area contributed by atoms with Crippen LogP contribution in [0.5, 0.6) is 5.75 Å². The molecule has 1 aromatic carbocycles. The van der Waals surface area contributed by atoms with Crippen molar-refractivity contribution < 1.29 is 9.53 Å². The SMILES string of the molecule is O=C(Oc1ccccc1)c1ccccn1. The summed E-state index contributed by atoms with van der Waals surface area (Å²) in [6.45, 7) is 0. The third-order valence-electron chi connectivity index (χ3n) is 1.83. The summed E-state index contributed by atoms with van der Waals surface area (Å²) in [7, 11) is 0. The molecular formula is C12H9NO2. The average molecular weight is 199 g/mol. The first-order valence-corrected chi connectivity index (χ1v) is 4.54. The fourth-order valence-electron chi connectivity index (χ4n) is 1.13. The van der Waals surface area contributed by atoms with Crippen LogP contribution in [-0.4, -0.2) is 11.0 Å². The van der Waals surface area contributed by atoms with Gasteiger partial charge in [0.25, 0.3) is 0 Å². The van der Waals surface area contributed by atoms with Gasteiger partial charge in [0.2, 0.25) is 0 Å². The second kappa shape index (κ2) is 4.37. The molecule has 15 heavy (non-hydrogen) atoms. The maximum atomic E-state index is 11.5. The molecule has 0 bridgehead atoms. The number of nitrogens with zero attached hydrogens (tertiary/aromatic N) is 1. The molecule has 3 nitrogen and oxygen atoms in total. The van der Waals surface area contributed by atoms with Crippen LogP contribution in [0.2, 0.25) is 0 Å². The van der Waals surface area contributed by atoms with E-state index in [9.17, 15) is 4.79 Å². The summed E-state index contributed by atoms with van der Waals surface area (Å²) in [4.78, 5) is 15.4. The Balaban J connectivity index is 2.12. The van der Waals surface area contributed by atoms with Crippen molar-refractivity contribution in [1.82, 2.24) is 4.98 Å². The van der Waals surface area contributed by atoms with E-state index in [0.717, 1.165) is 0 Å². The molecule has 0 N–H and O–H groups in total. The predicted octanol–water partition coefficient (Wildman–Crippen LogP) is 2.30. The standard InChI is InChI=1S/C12H9NO2/c14-12(11-8-4-5-9-13-11)15-10-6-2-1-3-7-10/h1-9H. The quantitative estimate of drug-likeness (QED) is 0.550. The first kappa shape index (κ1) is 9.40. The zero-order valence-electron chi connectivity index (χ0n) is 7.96. The molecule has 0 unspecified atom stereocenters. The average Bonchev–Trinajstić information content (AvgIpc) is 2.31. The number of hydrogen-bond donors (Lipinski definition) is 0. The Morgan fingerprint density at radius 2 is 1.73 bits per heavy atom. The van der Waals surface area contributed by atoms with E-state index in [-0.39, 0.29) is 0 Å². The smallest absolute Gasteiger partial charge is 0.362 e. The summed E-state index contributed by atoms with van der Waals surface area (Å²) >= 11 is 0. The van der Waals surface area contributed by atoms with Crippen molar-refractivity contribution in [2.45, 2.75) is 0 Å². The Bertz CT molecular complexity index is 440. The van der Waals surface area contributed by atoms with Gasteiger partial charge in [0, 0.05) is 6.20 Å². The monoisotopic (exact) mass is 199 g/mol. The van der Waals surface area contributed by atoms with Crippen LogP contribution in [0.1, 0.15) is 10.5 Å². The fourth-order valence-corrected chi connectivity index (χ4v) is 1.13. The summed E-state index contributed by atoms with van der Waals surface area (Å²) in [5.74, 6) is 0.0787. The molecule has 0 amide bonds. The molecule has 1 heterocycles. The van der Waals surface area contributed by atoms with Crippen LogP contribution in [0, 0.1) is 0 Å². The zero-order chi connectivity index (χ0) is 10.5. The lowest BCUT2D eigenvalue weighted by Crippen LogP contribution is -2.09. The van der Waals surface area contributed by atoms with Gasteiger partial charge in [0.1, 0.15) is 11.4 Å². The zero-order valence-corrected chi connectivity index (χ0v) is 7.96. The van der Waals surface area contributed by atoms with Gasteiger partial charge in [-0.05, 0) is 24.3 Å². The Morgan fingerprint density at radius 1 is 1.00 bits per heavy atom. The highest BCUT2D eigenvalue weighted by Crippen LogP contribution is 2.10. The molecule has 0 aliphatic heterocycles. The van der Waals surface area contributed by atoms with Gasteiger partial charge in [0.15, 0.2) is 0 Å². The summed E-state index contributed by atoms with van der Waals surface area (Å²) in [6.07, 6.45) is 1.56. The van der Waals surface area contributed by atoms with Crippen LogP contribution < -0.4 is 4.74 Å². The Hall–Kier alpha value is -2.16. The van der Waals surface area contributed by atoms with E-state index in [4.69, 9.17) is 4.74 Å². The molecule has 0 atom stereocenters. The minimum Gasteiger partial charge on any atom is -0.422 e. The Kier molecular flexibility index (Phi) is 2.74. The lowest BCUT2D eigenvalue weighted by Gasteiger charge is -2.02. The largest absolute Gasteiger partial charge is 0.422 e. The molecule has 2 aromatic rings. The molecular weight excluding hydrogens is 190 g/mol. The highest BCUT2D eigenvalue weighted by molar-refractivity contribution is 5.88. The van der Waals surface area contributed by atoms with Crippen molar-refractivity contribution in [3.63, 3.8) is 0 Å². The van der Waals surface area contributed by atoms with Gasteiger partial charge in [0.05, 0.1) is 0 Å². The van der Waals surface area contributed by atoms with E-state index >= 15 is 0 Å². The van der Waals surface area contributed by atoms with Crippen LogP contribution in [0.3, 0.4) is 0 Å². The number of rotatable bonds is 2. The summed E-state index contributed by atoms with van der Waals surface area (Å²) < 4.78 is 5.10. The molecule has 2 rings (SSSR count). The van der Waals surface area contributed by atoms with E-state index < -0.39 is 5.97 Å². The van der Waals surface area contributed by atoms with Crippen molar-refractivity contribution in [3.05, 3.63) is 60.4 Å². The number of carbonyl (C=O) groups excluding carboxylic acids is 1. The Morgan fingerprint density at radius 3 is 2.40 bits per heavy atom. The van der Waals surface area contributed by atoms with Gasteiger partial charge in [-0.25, -0.2) is 9.78 Å². The fraction of sp³-hybridized carbons (Fsp3) is 0. The van der Waals surface area contributed by atoms with Crippen LogP contribution in [0.25, 0.3) is 0 Å². The molecule has 1 aromatic heterocycles. The van der Waals surface area contributed by atoms with Gasteiger partial charge in [-0.3, -0.25) is 0 Å². The highest BCUT2D eigenvalue weighted by atomic mass is 16.5. The number of ether oxygens (including phenoxy) is 1. The van der Waals surface area contributed by atoms with Gasteiger partial charge in [-0.15, -0.1) is 0 Å². The number of esters is 1. The maximum Gasteiger partial charge on any atom is 0.362 e. The minimum absolute atomic E-state index is 0.307. The van der Waals surface area contributed by atoms with Crippen LogP contribution in [0.15, 0.2) is 54.7 Å². The molecule has 0 aliphatic rings. The number of carbonyl (C=O) groups is 1. The number of para-hydroxylation sites is 1. The Labute approximate surface area is 87.3 Å². The molecule has 0 fully saturated rings. The van der Waals surface area contributed by atoms with Gasteiger partial charge in [-0.1, -0.05) is 24.3 Å². The minimum atomic E-state index is -0.443. The highest BCUT2D eigenvalue weighted by Gasteiger charge is 2.08. The second-order valence-corrected chi connectivity index (χ2v) is 2.92. The molecule has 0 saturated carbocycles. The van der Waals surface area contributed by atoms with E-state index in [1.807, 2.05) is 6.07 Å². The first-order valence-electron chi connectivity index (χ1n) is 4.54. The molecule has 3 heteroatoms. The third kappa shape index (κ3) is 2.40. The van der Waals surface area contributed by atoms with E-state index in [1.165, 1.54) is 0 Å². The number of pyridine rings is 1. The van der Waals surface area contributed by atoms with E-state index in [2.05, 4.69) is 4.98 Å². The number of hydrogen-bond acceptors (Lipinski definition) is 3. The van der Waals surface area contributed by atoms with Crippen molar-refractivity contribution in [1.29, 1.82) is 0 Å². The van der Waals surface area contributed by atoms with E-state index in [1.54, 1.807) is 48.7 Å². The number of benzene rings is 1. The number of aromatic nitrogens is 1. The topological polar surface area (TPSA) is 39.2 Å². The van der Waals surface area contributed by atoms with Crippen LogP contribution in [-0.2, 0) is 0 Å². The molecule has 0 aliphatic carbocycles. The predicted molar refractivity (Wildman–Crippen MR) is 55.6 cm³/mol. The lowest BCUT2D eigenvalue weighted by atomic mass is 10.3. The lowest BCUT2D eigenvalue weighted by molar-refractivity contribution is 0.0728. The van der Waals surface area contributed by atoms with Gasteiger partial charge >= 0.3 is 5.97 Å². The first-order chi connectivity index (χ1) is 7.36. The van der Waals surface area contributed by atoms with Gasteiger partial charge in [-0.2, -0.15) is 0 Å². The van der Waals surface area contributed by atoms with Crippen molar-refractivity contribution in [2.75, 3.05) is 0 Å². The summed E-state index contributed by atoms with van der Waals surface area (Å²) in [5.41, 5.74) is 0.307. The molecule has 0 radical (unpaired) electrons. The van der Waals surface area contributed by atoms with Crippen molar-refractivity contribution in [3.8, 4) is 5.75 Å². The third-order valence-corrected chi connectivity index (χ3v) is 1.83. The van der Waals surface area contributed by atoms with Gasteiger partial charge < -0.3 is 4.74 Å². The normalized spacial score (nSPS) is 9.60. The van der Waals surface area contributed by atoms with E-state index in [0.29, 0.717) is 11.4 Å². The maximum absolute atomic E-state index is 11.5. The second-order valence-electron chi connectivity index (χ2n) is 2.92. The van der Waals surface area contributed by atoms with Crippen LogP contribution in [0.4, 0.5) is 0 Å². The van der Waals surface area contributed by atoms with Crippen molar-refractivity contribution >= 4 is 5.97 Å².